The number of methoxy groups -OCH3 is 1. The van der Waals surface area contributed by atoms with Crippen LogP contribution in [0.4, 0.5) is 14.5 Å². The van der Waals surface area contributed by atoms with E-state index in [0.717, 1.165) is 6.20 Å². The van der Waals surface area contributed by atoms with Crippen LogP contribution in [0, 0.1) is 0 Å². The Morgan fingerprint density at radius 3 is 2.75 bits per heavy atom. The van der Waals surface area contributed by atoms with Gasteiger partial charge in [-0.25, -0.2) is 8.78 Å². The third-order valence-electron chi connectivity index (χ3n) is 1.93. The van der Waals surface area contributed by atoms with Crippen molar-refractivity contribution in [2.75, 3.05) is 12.8 Å². The first-order valence-electron chi connectivity index (χ1n) is 4.28. The van der Waals surface area contributed by atoms with Gasteiger partial charge >= 0.3 is 5.97 Å². The first kappa shape index (κ1) is 12.2. The molecule has 0 spiro atoms. The average molecular weight is 232 g/mol. The van der Waals surface area contributed by atoms with E-state index >= 15 is 0 Å². The molecule has 3 N–H and O–H groups in total. The molecule has 0 radical (unpaired) electrons. The number of carbonyl (C=O) groups is 1. The average Bonchev–Trinajstić information content (AvgIpc) is 2.16. The van der Waals surface area contributed by atoms with Gasteiger partial charge in [-0.2, -0.15) is 0 Å². The second kappa shape index (κ2) is 4.73. The summed E-state index contributed by atoms with van der Waals surface area (Å²) in [6.07, 6.45) is -2.46. The molecule has 0 fully saturated rings. The van der Waals surface area contributed by atoms with Crippen LogP contribution in [0.2, 0.25) is 0 Å². The summed E-state index contributed by atoms with van der Waals surface area (Å²) in [6.45, 7) is 0. The van der Waals surface area contributed by atoms with E-state index in [1.807, 2.05) is 0 Å². The number of ether oxygens (including phenoxy) is 1. The zero-order valence-corrected chi connectivity index (χ0v) is 8.41. The fourth-order valence-corrected chi connectivity index (χ4v) is 1.32. The maximum absolute atomic E-state index is 12.6. The van der Waals surface area contributed by atoms with Gasteiger partial charge in [-0.15, -0.1) is 0 Å². The largest absolute Gasteiger partial charge is 0.494 e. The highest BCUT2D eigenvalue weighted by atomic mass is 19.3. The number of anilines is 1. The minimum Gasteiger partial charge on any atom is -0.494 e. The number of hydrogen-bond donors (Lipinski definition) is 2. The number of nitrogens with two attached hydrogens (primary N) is 1. The number of aromatic nitrogens is 1. The summed E-state index contributed by atoms with van der Waals surface area (Å²) in [5, 5.41) is 8.61. The van der Waals surface area contributed by atoms with Gasteiger partial charge in [-0.3, -0.25) is 9.78 Å². The van der Waals surface area contributed by atoms with Crippen LogP contribution < -0.4 is 10.5 Å². The number of alkyl halides is 2. The summed E-state index contributed by atoms with van der Waals surface area (Å²) >= 11 is 0. The Bertz CT molecular complexity index is 410. The first-order chi connectivity index (χ1) is 7.47. The number of carboxylic acid groups (broad SMARTS) is 1. The van der Waals surface area contributed by atoms with Gasteiger partial charge in [0.25, 0.3) is 6.43 Å². The second-order valence-corrected chi connectivity index (χ2v) is 2.98. The molecule has 88 valence electrons. The maximum atomic E-state index is 12.6. The molecule has 0 saturated heterocycles. The molecule has 5 nitrogen and oxygen atoms in total. The van der Waals surface area contributed by atoms with Crippen molar-refractivity contribution in [2.24, 2.45) is 0 Å². The van der Waals surface area contributed by atoms with E-state index in [-0.39, 0.29) is 17.0 Å². The van der Waals surface area contributed by atoms with Crippen molar-refractivity contribution in [3.05, 3.63) is 17.5 Å². The van der Waals surface area contributed by atoms with Gasteiger partial charge in [0.2, 0.25) is 0 Å². The zero-order valence-electron chi connectivity index (χ0n) is 8.41. The highest BCUT2D eigenvalue weighted by Crippen LogP contribution is 2.32. The third-order valence-corrected chi connectivity index (χ3v) is 1.93. The molecule has 0 amide bonds. The van der Waals surface area contributed by atoms with Crippen LogP contribution in [0.5, 0.6) is 5.75 Å². The number of carboxylic acids is 1. The van der Waals surface area contributed by atoms with Gasteiger partial charge < -0.3 is 15.6 Å². The quantitative estimate of drug-likeness (QED) is 0.815. The van der Waals surface area contributed by atoms with E-state index in [9.17, 15) is 13.6 Å². The van der Waals surface area contributed by atoms with Crippen LogP contribution in [0.15, 0.2) is 6.20 Å². The van der Waals surface area contributed by atoms with Gasteiger partial charge in [-0.1, -0.05) is 0 Å². The van der Waals surface area contributed by atoms with E-state index in [0.29, 0.717) is 0 Å². The molecule has 0 unspecified atom stereocenters. The molecule has 0 atom stereocenters. The van der Waals surface area contributed by atoms with Gasteiger partial charge in [0, 0.05) is 5.56 Å². The lowest BCUT2D eigenvalue weighted by atomic mass is 10.1. The lowest BCUT2D eigenvalue weighted by Crippen LogP contribution is -2.10. The first-order valence-corrected chi connectivity index (χ1v) is 4.28. The molecule has 1 aromatic rings. The number of rotatable bonds is 4. The number of nitrogens with zero attached hydrogens (tertiary/aromatic N) is 1. The van der Waals surface area contributed by atoms with Crippen LogP contribution in [0.3, 0.4) is 0 Å². The summed E-state index contributed by atoms with van der Waals surface area (Å²) in [5.74, 6) is -1.32. The van der Waals surface area contributed by atoms with E-state index < -0.39 is 24.5 Å². The van der Waals surface area contributed by atoms with Gasteiger partial charge in [-0.05, 0) is 0 Å². The molecule has 1 rings (SSSR count). The van der Waals surface area contributed by atoms with Crippen LogP contribution in [0.1, 0.15) is 17.7 Å². The van der Waals surface area contributed by atoms with Crippen LogP contribution in [-0.2, 0) is 11.2 Å². The van der Waals surface area contributed by atoms with E-state index in [1.54, 1.807) is 0 Å². The molecule has 0 aliphatic heterocycles. The van der Waals surface area contributed by atoms with Crippen molar-refractivity contribution in [3.63, 3.8) is 0 Å². The Labute approximate surface area is 89.9 Å². The molecule has 16 heavy (non-hydrogen) atoms. The van der Waals surface area contributed by atoms with Crippen molar-refractivity contribution >= 4 is 11.7 Å². The number of nitrogen functional groups attached to an aromatic ring is 1. The summed E-state index contributed by atoms with van der Waals surface area (Å²) < 4.78 is 30.0. The molecule has 0 aliphatic carbocycles. The molecular formula is C9H10F2N2O3. The fourth-order valence-electron chi connectivity index (χ4n) is 1.32. The number of halogens is 2. The molecule has 0 saturated carbocycles. The molecule has 0 aromatic carbocycles. The Kier molecular flexibility index (Phi) is 3.60. The highest BCUT2D eigenvalue weighted by molar-refractivity contribution is 5.73. The minimum atomic E-state index is -2.87. The summed E-state index contributed by atoms with van der Waals surface area (Å²) in [7, 11) is 1.23. The fraction of sp³-hybridized carbons (Fsp3) is 0.333. The van der Waals surface area contributed by atoms with Crippen molar-refractivity contribution < 1.29 is 23.4 Å². The van der Waals surface area contributed by atoms with Crippen molar-refractivity contribution in [3.8, 4) is 5.75 Å². The molecule has 0 bridgehead atoms. The number of hydrogen-bond acceptors (Lipinski definition) is 4. The Morgan fingerprint density at radius 2 is 2.31 bits per heavy atom. The summed E-state index contributed by atoms with van der Waals surface area (Å²) in [4.78, 5) is 14.0. The Morgan fingerprint density at radius 1 is 1.69 bits per heavy atom. The maximum Gasteiger partial charge on any atom is 0.308 e. The highest BCUT2D eigenvalue weighted by Gasteiger charge is 2.22. The lowest BCUT2D eigenvalue weighted by Gasteiger charge is -2.13. The third kappa shape index (κ3) is 2.36. The Hall–Kier alpha value is -1.92. The van der Waals surface area contributed by atoms with Gasteiger partial charge in [0.05, 0.1) is 25.4 Å². The van der Waals surface area contributed by atoms with Crippen LogP contribution >= 0.6 is 0 Å². The molecule has 1 aromatic heterocycles. The number of aliphatic carboxylic acids is 1. The van der Waals surface area contributed by atoms with Crippen LogP contribution in [-0.4, -0.2) is 23.2 Å². The van der Waals surface area contributed by atoms with Crippen LogP contribution in [0.25, 0.3) is 0 Å². The molecular weight excluding hydrogens is 222 g/mol. The zero-order chi connectivity index (χ0) is 12.3. The Balaban J connectivity index is 3.34. The summed E-state index contributed by atoms with van der Waals surface area (Å²) in [5.41, 5.74) is 4.68. The molecule has 1 heterocycles. The molecule has 7 heteroatoms. The SMILES string of the molecule is COc1c(N)cnc(C(F)F)c1CC(=O)O. The lowest BCUT2D eigenvalue weighted by molar-refractivity contribution is -0.136. The smallest absolute Gasteiger partial charge is 0.308 e. The van der Waals surface area contributed by atoms with Gasteiger partial charge in [0.15, 0.2) is 0 Å². The minimum absolute atomic E-state index is 0.0307. The van der Waals surface area contributed by atoms with Crippen molar-refractivity contribution in [2.45, 2.75) is 12.8 Å². The predicted molar refractivity (Wildman–Crippen MR) is 51.5 cm³/mol. The number of pyridine rings is 1. The van der Waals surface area contributed by atoms with E-state index in [4.69, 9.17) is 15.6 Å². The standard InChI is InChI=1S/C9H10F2N2O3/c1-16-8-4(2-6(14)15)7(9(10)11)13-3-5(8)12/h3,9H,2,12H2,1H3,(H,14,15). The normalized spacial score (nSPS) is 10.5. The van der Waals surface area contributed by atoms with Crippen molar-refractivity contribution in [1.29, 1.82) is 0 Å². The van der Waals surface area contributed by atoms with E-state index in [2.05, 4.69) is 4.98 Å². The summed E-state index contributed by atoms with van der Waals surface area (Å²) in [6, 6.07) is 0. The monoisotopic (exact) mass is 232 g/mol. The van der Waals surface area contributed by atoms with Gasteiger partial charge in [0.1, 0.15) is 11.4 Å². The second-order valence-electron chi connectivity index (χ2n) is 2.98. The molecule has 0 aliphatic rings. The van der Waals surface area contributed by atoms with E-state index in [1.165, 1.54) is 7.11 Å². The topological polar surface area (TPSA) is 85.4 Å². The predicted octanol–water partition coefficient (Wildman–Crippen LogP) is 1.24. The van der Waals surface area contributed by atoms with Crippen molar-refractivity contribution in [1.82, 2.24) is 4.98 Å².